The summed E-state index contributed by atoms with van der Waals surface area (Å²) in [6.07, 6.45) is 0.445. The minimum absolute atomic E-state index is 0.163. The Morgan fingerprint density at radius 3 is 2.59 bits per heavy atom. The van der Waals surface area contributed by atoms with Crippen molar-refractivity contribution in [2.45, 2.75) is 23.5 Å². The van der Waals surface area contributed by atoms with Crippen molar-refractivity contribution < 1.29 is 13.2 Å². The third-order valence-electron chi connectivity index (χ3n) is 5.03. The van der Waals surface area contributed by atoms with Crippen LogP contribution in [0.3, 0.4) is 0 Å². The first-order chi connectivity index (χ1) is 13.0. The molecule has 27 heavy (non-hydrogen) atoms. The van der Waals surface area contributed by atoms with Crippen LogP contribution in [0.1, 0.15) is 22.5 Å². The molecule has 0 N–H and O–H groups in total. The Bertz CT molecular complexity index is 1110. The number of carbonyl (C=O) groups is 1. The third-order valence-corrected chi connectivity index (χ3v) is 7.22. The van der Waals surface area contributed by atoms with E-state index in [0.29, 0.717) is 28.9 Å². The zero-order valence-electron chi connectivity index (χ0n) is 15.0. The number of aryl methyl sites for hydroxylation is 1. The maximum Gasteiger partial charge on any atom is 0.256 e. The van der Waals surface area contributed by atoms with Gasteiger partial charge in [-0.25, -0.2) is 8.42 Å². The highest BCUT2D eigenvalue weighted by atomic mass is 32.2. The standard InChI is InChI=1S/C21H20N2O3S/c1-15-10-11-16-6-5-9-19(20(16)22-15)21(24)23-13-12-18(14-23)27(25,26)17-7-3-2-4-8-17/h2-11,18H,12-14H2,1H3. The van der Waals surface area contributed by atoms with Gasteiger partial charge < -0.3 is 4.90 Å². The fourth-order valence-electron chi connectivity index (χ4n) is 3.56. The van der Waals surface area contributed by atoms with Gasteiger partial charge in [-0.3, -0.25) is 9.78 Å². The maximum atomic E-state index is 13.1. The van der Waals surface area contributed by atoms with Crippen molar-refractivity contribution in [2.75, 3.05) is 13.1 Å². The molecule has 1 fully saturated rings. The van der Waals surface area contributed by atoms with Gasteiger partial charge in [0, 0.05) is 24.2 Å². The van der Waals surface area contributed by atoms with E-state index in [4.69, 9.17) is 0 Å². The Morgan fingerprint density at radius 1 is 1.04 bits per heavy atom. The molecule has 1 aliphatic heterocycles. The number of fused-ring (bicyclic) bond motifs is 1. The van der Waals surface area contributed by atoms with Crippen LogP contribution in [0.5, 0.6) is 0 Å². The third kappa shape index (κ3) is 3.21. The number of sulfone groups is 1. The highest BCUT2D eigenvalue weighted by molar-refractivity contribution is 7.92. The molecular formula is C21H20N2O3S. The van der Waals surface area contributed by atoms with E-state index in [2.05, 4.69) is 4.98 Å². The lowest BCUT2D eigenvalue weighted by atomic mass is 10.1. The first kappa shape index (κ1) is 17.7. The fraction of sp³-hybridized carbons (Fsp3) is 0.238. The minimum Gasteiger partial charge on any atom is -0.337 e. The van der Waals surface area contributed by atoms with Crippen LogP contribution in [0.15, 0.2) is 65.6 Å². The number of hydrogen-bond donors (Lipinski definition) is 0. The van der Waals surface area contributed by atoms with E-state index in [1.54, 1.807) is 41.3 Å². The summed E-state index contributed by atoms with van der Waals surface area (Å²) in [5.74, 6) is -0.163. The van der Waals surface area contributed by atoms with Crippen molar-refractivity contribution in [1.82, 2.24) is 9.88 Å². The zero-order chi connectivity index (χ0) is 19.0. The van der Waals surface area contributed by atoms with Gasteiger partial charge in [0.1, 0.15) is 0 Å². The van der Waals surface area contributed by atoms with Gasteiger partial charge in [-0.2, -0.15) is 0 Å². The van der Waals surface area contributed by atoms with Gasteiger partial charge in [-0.15, -0.1) is 0 Å². The number of benzene rings is 2. The largest absolute Gasteiger partial charge is 0.337 e. The van der Waals surface area contributed by atoms with Crippen LogP contribution in [-0.2, 0) is 9.84 Å². The number of pyridine rings is 1. The lowest BCUT2D eigenvalue weighted by molar-refractivity contribution is 0.0795. The molecule has 2 aromatic carbocycles. The smallest absolute Gasteiger partial charge is 0.256 e. The Labute approximate surface area is 158 Å². The molecule has 0 bridgehead atoms. The summed E-state index contributed by atoms with van der Waals surface area (Å²) in [6, 6.07) is 17.8. The molecule has 2 heterocycles. The van der Waals surface area contributed by atoms with E-state index in [-0.39, 0.29) is 12.5 Å². The predicted molar refractivity (Wildman–Crippen MR) is 104 cm³/mol. The second-order valence-electron chi connectivity index (χ2n) is 6.85. The first-order valence-corrected chi connectivity index (χ1v) is 10.5. The van der Waals surface area contributed by atoms with Gasteiger partial charge in [0.15, 0.2) is 9.84 Å². The van der Waals surface area contributed by atoms with Crippen molar-refractivity contribution in [3.05, 3.63) is 71.9 Å². The van der Waals surface area contributed by atoms with Crippen LogP contribution in [0.4, 0.5) is 0 Å². The maximum absolute atomic E-state index is 13.1. The van der Waals surface area contributed by atoms with Crippen molar-refractivity contribution in [1.29, 1.82) is 0 Å². The second-order valence-corrected chi connectivity index (χ2v) is 9.08. The fourth-order valence-corrected chi connectivity index (χ4v) is 5.27. The van der Waals surface area contributed by atoms with E-state index in [0.717, 1.165) is 11.1 Å². The van der Waals surface area contributed by atoms with Crippen molar-refractivity contribution in [3.8, 4) is 0 Å². The summed E-state index contributed by atoms with van der Waals surface area (Å²) in [5, 5.41) is 0.327. The monoisotopic (exact) mass is 380 g/mol. The molecule has 6 heteroatoms. The number of amides is 1. The quantitative estimate of drug-likeness (QED) is 0.700. The molecular weight excluding hydrogens is 360 g/mol. The van der Waals surface area contributed by atoms with Crippen LogP contribution in [0, 0.1) is 6.92 Å². The Kier molecular flexibility index (Phi) is 4.44. The van der Waals surface area contributed by atoms with Gasteiger partial charge in [0.25, 0.3) is 5.91 Å². The van der Waals surface area contributed by atoms with Crippen molar-refractivity contribution in [3.63, 3.8) is 0 Å². The summed E-state index contributed by atoms with van der Waals surface area (Å²) < 4.78 is 25.7. The lowest BCUT2D eigenvalue weighted by Gasteiger charge is -2.18. The number of nitrogens with zero attached hydrogens (tertiary/aromatic N) is 2. The van der Waals surface area contributed by atoms with E-state index >= 15 is 0 Å². The number of hydrogen-bond acceptors (Lipinski definition) is 4. The highest BCUT2D eigenvalue weighted by Crippen LogP contribution is 2.26. The average Bonchev–Trinajstić information content (AvgIpc) is 3.19. The summed E-state index contributed by atoms with van der Waals surface area (Å²) in [5.41, 5.74) is 2.03. The van der Waals surface area contributed by atoms with Crippen LogP contribution >= 0.6 is 0 Å². The van der Waals surface area contributed by atoms with Gasteiger partial charge >= 0.3 is 0 Å². The number of carbonyl (C=O) groups excluding carboxylic acids is 1. The topological polar surface area (TPSA) is 67.3 Å². The molecule has 1 saturated heterocycles. The molecule has 0 spiro atoms. The molecule has 1 atom stereocenters. The molecule has 1 aliphatic rings. The summed E-state index contributed by atoms with van der Waals surface area (Å²) in [7, 11) is -3.45. The SMILES string of the molecule is Cc1ccc2cccc(C(=O)N3CCC(S(=O)(=O)c4ccccc4)C3)c2n1. The van der Waals surface area contributed by atoms with Crippen LogP contribution in [0.25, 0.3) is 10.9 Å². The number of aromatic nitrogens is 1. The number of rotatable bonds is 3. The average molecular weight is 380 g/mol. The number of likely N-dealkylation sites (tertiary alicyclic amines) is 1. The number of para-hydroxylation sites is 1. The zero-order valence-corrected chi connectivity index (χ0v) is 15.8. The first-order valence-electron chi connectivity index (χ1n) is 8.91. The van der Waals surface area contributed by atoms with Crippen LogP contribution in [0.2, 0.25) is 0 Å². The lowest BCUT2D eigenvalue weighted by Crippen LogP contribution is -2.32. The van der Waals surface area contributed by atoms with E-state index < -0.39 is 15.1 Å². The summed E-state index contributed by atoms with van der Waals surface area (Å²) in [4.78, 5) is 19.5. The van der Waals surface area contributed by atoms with Gasteiger partial charge in [0.2, 0.25) is 0 Å². The minimum atomic E-state index is -3.45. The molecule has 0 aliphatic carbocycles. The molecule has 138 valence electrons. The highest BCUT2D eigenvalue weighted by Gasteiger charge is 2.36. The predicted octanol–water partition coefficient (Wildman–Crippen LogP) is 3.23. The van der Waals surface area contributed by atoms with Gasteiger partial charge in [0.05, 0.1) is 21.2 Å². The van der Waals surface area contributed by atoms with E-state index in [1.807, 2.05) is 31.2 Å². The van der Waals surface area contributed by atoms with Gasteiger partial charge in [-0.1, -0.05) is 36.4 Å². The Balaban J connectivity index is 1.61. The van der Waals surface area contributed by atoms with Crippen molar-refractivity contribution >= 4 is 26.6 Å². The Hall–Kier alpha value is -2.73. The Morgan fingerprint density at radius 2 is 1.81 bits per heavy atom. The molecule has 1 amide bonds. The molecule has 5 nitrogen and oxygen atoms in total. The molecule has 1 aromatic heterocycles. The van der Waals surface area contributed by atoms with E-state index in [1.165, 1.54) is 0 Å². The molecule has 3 aromatic rings. The normalized spacial score (nSPS) is 17.4. The molecule has 0 radical (unpaired) electrons. The van der Waals surface area contributed by atoms with E-state index in [9.17, 15) is 13.2 Å². The second kappa shape index (κ2) is 6.78. The van der Waals surface area contributed by atoms with Gasteiger partial charge in [-0.05, 0) is 37.6 Å². The van der Waals surface area contributed by atoms with Crippen LogP contribution < -0.4 is 0 Å². The summed E-state index contributed by atoms with van der Waals surface area (Å²) in [6.45, 7) is 2.52. The summed E-state index contributed by atoms with van der Waals surface area (Å²) >= 11 is 0. The molecule has 0 saturated carbocycles. The molecule has 1 unspecified atom stereocenters. The molecule has 4 rings (SSSR count). The van der Waals surface area contributed by atoms with Crippen LogP contribution in [-0.4, -0.2) is 42.5 Å². The van der Waals surface area contributed by atoms with Crippen molar-refractivity contribution in [2.24, 2.45) is 0 Å².